The molecule has 0 spiro atoms. The minimum absolute atomic E-state index is 0.117. The van der Waals surface area contributed by atoms with Gasteiger partial charge in [-0.25, -0.2) is 4.79 Å². The van der Waals surface area contributed by atoms with Crippen LogP contribution in [0.15, 0.2) is 35.5 Å². The first kappa shape index (κ1) is 31.1. The highest BCUT2D eigenvalue weighted by Gasteiger charge is 2.29. The lowest BCUT2D eigenvalue weighted by Gasteiger charge is -2.24. The van der Waals surface area contributed by atoms with Crippen LogP contribution in [0.5, 0.6) is 0 Å². The molecule has 0 saturated heterocycles. The quantitative estimate of drug-likeness (QED) is 0.0628. The molecule has 1 aromatic carbocycles. The average Bonchev–Trinajstić information content (AvgIpc) is 3.31. The van der Waals surface area contributed by atoms with Gasteiger partial charge in [0.2, 0.25) is 17.7 Å². The number of carboxylic acid groups (broad SMARTS) is 1. The second kappa shape index (κ2) is 15.9. The third-order valence-electron chi connectivity index (χ3n) is 6.08. The Morgan fingerprint density at radius 1 is 0.897 bits per heavy atom. The summed E-state index contributed by atoms with van der Waals surface area (Å²) in [5.41, 5.74) is 23.3. The van der Waals surface area contributed by atoms with E-state index >= 15 is 0 Å². The molecule has 13 N–H and O–H groups in total. The van der Waals surface area contributed by atoms with Gasteiger partial charge in [-0.05, 0) is 50.3 Å². The first-order valence-corrected chi connectivity index (χ1v) is 12.8. The number of aliphatic carboxylic acids is 1. The van der Waals surface area contributed by atoms with Gasteiger partial charge in [-0.15, -0.1) is 0 Å². The van der Waals surface area contributed by atoms with Crippen molar-refractivity contribution in [3.63, 3.8) is 0 Å². The van der Waals surface area contributed by atoms with Crippen molar-refractivity contribution in [3.8, 4) is 0 Å². The number of benzene rings is 1. The van der Waals surface area contributed by atoms with Crippen molar-refractivity contribution in [1.82, 2.24) is 20.9 Å². The molecule has 2 rings (SSSR count). The Bertz CT molecular complexity index is 1150. The van der Waals surface area contributed by atoms with Crippen molar-refractivity contribution in [2.45, 2.75) is 56.7 Å². The van der Waals surface area contributed by atoms with Gasteiger partial charge < -0.3 is 49.0 Å². The first-order valence-electron chi connectivity index (χ1n) is 12.8. The van der Waals surface area contributed by atoms with E-state index < -0.39 is 41.8 Å². The number of nitrogens with two attached hydrogens (primary N) is 4. The third kappa shape index (κ3) is 10.2. The van der Waals surface area contributed by atoms with Crippen molar-refractivity contribution in [2.24, 2.45) is 27.9 Å². The van der Waals surface area contributed by atoms with Crippen molar-refractivity contribution >= 4 is 40.6 Å². The number of carbonyl (C=O) groups excluding carboxylic acids is 3. The highest BCUT2D eigenvalue weighted by Crippen LogP contribution is 2.19. The normalized spacial score (nSPS) is 13.2. The van der Waals surface area contributed by atoms with Gasteiger partial charge in [0.25, 0.3) is 0 Å². The van der Waals surface area contributed by atoms with Crippen molar-refractivity contribution < 1.29 is 24.3 Å². The number of nitrogens with zero attached hydrogens (tertiary/aromatic N) is 1. The molecule has 14 heteroatoms. The standard InChI is InChI=1S/C25H39N9O5/c26-10-4-3-8-19(24(38)39)34-22(36)18(9-5-11-30-25(28)29)33-23(37)20(32-21(35)13-27)12-15-14-31-17-7-2-1-6-16(15)17/h1-2,6-7,14,18-20,31H,3-5,8-13,26-27H2,(H,32,35)(H,33,37)(H,34,36)(H,38,39)(H4,28,29,30). The zero-order valence-electron chi connectivity index (χ0n) is 21.8. The van der Waals surface area contributed by atoms with Gasteiger partial charge in [0.1, 0.15) is 18.1 Å². The summed E-state index contributed by atoms with van der Waals surface area (Å²) in [6.07, 6.45) is 3.61. The average molecular weight is 546 g/mol. The molecule has 0 bridgehead atoms. The van der Waals surface area contributed by atoms with Crippen molar-refractivity contribution in [2.75, 3.05) is 19.6 Å². The number of hydrogen-bond acceptors (Lipinski definition) is 7. The predicted octanol–water partition coefficient (Wildman–Crippen LogP) is -1.61. The van der Waals surface area contributed by atoms with Gasteiger partial charge in [-0.3, -0.25) is 19.4 Å². The molecule has 1 aromatic heterocycles. The van der Waals surface area contributed by atoms with E-state index in [-0.39, 0.29) is 38.3 Å². The lowest BCUT2D eigenvalue weighted by Crippen LogP contribution is -2.56. The number of amides is 3. The highest BCUT2D eigenvalue weighted by atomic mass is 16.4. The Kier molecular flexibility index (Phi) is 12.7. The minimum Gasteiger partial charge on any atom is -0.480 e. The molecule has 0 radical (unpaired) electrons. The van der Waals surface area contributed by atoms with Gasteiger partial charge in [0.15, 0.2) is 5.96 Å². The Morgan fingerprint density at radius 2 is 1.56 bits per heavy atom. The van der Waals surface area contributed by atoms with Crippen LogP contribution in [0.4, 0.5) is 0 Å². The summed E-state index contributed by atoms with van der Waals surface area (Å²) in [5.74, 6) is -3.16. The number of guanidine groups is 1. The van der Waals surface area contributed by atoms with Crippen LogP contribution < -0.4 is 38.9 Å². The number of aromatic amines is 1. The van der Waals surface area contributed by atoms with Crippen molar-refractivity contribution in [1.29, 1.82) is 0 Å². The molecule has 0 aliphatic heterocycles. The fourth-order valence-corrected chi connectivity index (χ4v) is 4.05. The maximum Gasteiger partial charge on any atom is 0.326 e. The predicted molar refractivity (Wildman–Crippen MR) is 147 cm³/mol. The Labute approximate surface area is 226 Å². The molecule has 3 amide bonds. The maximum absolute atomic E-state index is 13.4. The number of rotatable bonds is 17. The summed E-state index contributed by atoms with van der Waals surface area (Å²) >= 11 is 0. The molecular formula is C25H39N9O5. The molecular weight excluding hydrogens is 506 g/mol. The number of carbonyl (C=O) groups is 4. The van der Waals surface area contributed by atoms with Gasteiger partial charge >= 0.3 is 5.97 Å². The number of carboxylic acids is 1. The second-order valence-electron chi connectivity index (χ2n) is 9.08. The minimum atomic E-state index is -1.20. The number of para-hydroxylation sites is 1. The summed E-state index contributed by atoms with van der Waals surface area (Å²) in [5, 5.41) is 18.2. The molecule has 0 saturated carbocycles. The van der Waals surface area contributed by atoms with Crippen LogP contribution in [0.3, 0.4) is 0 Å². The summed E-state index contributed by atoms with van der Waals surface area (Å²) < 4.78 is 0. The third-order valence-corrected chi connectivity index (χ3v) is 6.08. The van der Waals surface area contributed by atoms with E-state index in [1.807, 2.05) is 24.3 Å². The van der Waals surface area contributed by atoms with Gasteiger partial charge in [0.05, 0.1) is 6.54 Å². The monoisotopic (exact) mass is 545 g/mol. The van der Waals surface area contributed by atoms with Crippen LogP contribution in [-0.2, 0) is 25.6 Å². The van der Waals surface area contributed by atoms with Crippen LogP contribution >= 0.6 is 0 Å². The largest absolute Gasteiger partial charge is 0.480 e. The second-order valence-corrected chi connectivity index (χ2v) is 9.08. The number of aliphatic imine (C=N–C) groups is 1. The SMILES string of the molecule is NCCCCC(NC(=O)C(CCCN=C(N)N)NC(=O)C(Cc1c[nH]c2ccccc12)NC(=O)CN)C(=O)O. The fourth-order valence-electron chi connectivity index (χ4n) is 4.05. The topological polar surface area (TPSA) is 257 Å². The van der Waals surface area contributed by atoms with E-state index in [0.29, 0.717) is 25.8 Å². The molecule has 0 aliphatic rings. The first-order chi connectivity index (χ1) is 18.7. The van der Waals surface area contributed by atoms with E-state index in [1.165, 1.54) is 0 Å². The lowest BCUT2D eigenvalue weighted by molar-refractivity contribution is -0.142. The molecule has 3 unspecified atom stereocenters. The zero-order chi connectivity index (χ0) is 28.8. The smallest absolute Gasteiger partial charge is 0.326 e. The zero-order valence-corrected chi connectivity index (χ0v) is 21.8. The van der Waals surface area contributed by atoms with Gasteiger partial charge in [-0.1, -0.05) is 18.2 Å². The molecule has 0 aliphatic carbocycles. The lowest BCUT2D eigenvalue weighted by atomic mass is 10.0. The van der Waals surface area contributed by atoms with Crippen LogP contribution in [-0.4, -0.2) is 77.5 Å². The molecule has 3 atom stereocenters. The summed E-state index contributed by atoms with van der Waals surface area (Å²) in [7, 11) is 0. The maximum atomic E-state index is 13.4. The number of hydrogen-bond donors (Lipinski definition) is 9. The van der Waals surface area contributed by atoms with Crippen LogP contribution in [0.1, 0.15) is 37.7 Å². The summed E-state index contributed by atoms with van der Waals surface area (Å²) in [4.78, 5) is 57.4. The highest BCUT2D eigenvalue weighted by molar-refractivity contribution is 5.94. The number of H-pyrrole nitrogens is 1. The Balaban J connectivity index is 2.23. The number of aromatic nitrogens is 1. The van der Waals surface area contributed by atoms with Gasteiger partial charge in [-0.2, -0.15) is 0 Å². The van der Waals surface area contributed by atoms with Crippen molar-refractivity contribution in [3.05, 3.63) is 36.0 Å². The molecule has 0 fully saturated rings. The van der Waals surface area contributed by atoms with Crippen LogP contribution in [0.25, 0.3) is 10.9 Å². The molecule has 214 valence electrons. The Morgan fingerprint density at radius 3 is 2.23 bits per heavy atom. The number of fused-ring (bicyclic) bond motifs is 1. The number of nitrogens with one attached hydrogen (secondary N) is 4. The van der Waals surface area contributed by atoms with Crippen LogP contribution in [0.2, 0.25) is 0 Å². The molecule has 1 heterocycles. The van der Waals surface area contributed by atoms with E-state index in [2.05, 4.69) is 25.9 Å². The Hall–Kier alpha value is -4.17. The van der Waals surface area contributed by atoms with E-state index in [1.54, 1.807) is 6.20 Å². The van der Waals surface area contributed by atoms with E-state index in [0.717, 1.165) is 16.5 Å². The summed E-state index contributed by atoms with van der Waals surface area (Å²) in [6.45, 7) is 0.267. The molecule has 39 heavy (non-hydrogen) atoms. The molecule has 14 nitrogen and oxygen atoms in total. The van der Waals surface area contributed by atoms with E-state index in [4.69, 9.17) is 22.9 Å². The van der Waals surface area contributed by atoms with Gasteiger partial charge in [0, 0.05) is 30.1 Å². The van der Waals surface area contributed by atoms with Crippen LogP contribution in [0, 0.1) is 0 Å². The number of unbranched alkanes of at least 4 members (excludes halogenated alkanes) is 1. The fraction of sp³-hybridized carbons (Fsp3) is 0.480. The van der Waals surface area contributed by atoms with E-state index in [9.17, 15) is 24.3 Å². The molecule has 2 aromatic rings. The summed E-state index contributed by atoms with van der Waals surface area (Å²) in [6, 6.07) is 4.19.